The van der Waals surface area contributed by atoms with Crippen molar-refractivity contribution in [3.63, 3.8) is 0 Å². The molecule has 0 aromatic carbocycles. The lowest BCUT2D eigenvalue weighted by Gasteiger charge is -2.18. The second-order valence-corrected chi connectivity index (χ2v) is 2.82. The van der Waals surface area contributed by atoms with Crippen molar-refractivity contribution in [1.29, 1.82) is 0 Å². The van der Waals surface area contributed by atoms with Gasteiger partial charge < -0.3 is 4.90 Å². The molecule has 4 heteroatoms. The Hall–Kier alpha value is -1.45. The molecule has 0 aliphatic rings. The molecular formula is C10H13FN2O. The Labute approximate surface area is 82.6 Å². The molecule has 1 heterocycles. The average molecular weight is 196 g/mol. The number of amides is 1. The highest BCUT2D eigenvalue weighted by molar-refractivity contribution is 5.94. The second kappa shape index (κ2) is 4.69. The molecule has 0 saturated heterocycles. The van der Waals surface area contributed by atoms with Crippen molar-refractivity contribution >= 4 is 5.91 Å². The van der Waals surface area contributed by atoms with Crippen LogP contribution in [-0.4, -0.2) is 28.9 Å². The molecular weight excluding hydrogens is 183 g/mol. The molecule has 1 rings (SSSR count). The van der Waals surface area contributed by atoms with Crippen LogP contribution in [0.15, 0.2) is 18.3 Å². The van der Waals surface area contributed by atoms with E-state index in [-0.39, 0.29) is 11.5 Å². The van der Waals surface area contributed by atoms with E-state index in [1.165, 1.54) is 12.3 Å². The lowest BCUT2D eigenvalue weighted by Crippen LogP contribution is -2.31. The fourth-order valence-electron chi connectivity index (χ4n) is 1.23. The van der Waals surface area contributed by atoms with E-state index >= 15 is 0 Å². The summed E-state index contributed by atoms with van der Waals surface area (Å²) in [6.07, 6.45) is 1.33. The molecule has 0 fully saturated rings. The van der Waals surface area contributed by atoms with Crippen LogP contribution in [0.2, 0.25) is 0 Å². The lowest BCUT2D eigenvalue weighted by molar-refractivity contribution is 0.0767. The van der Waals surface area contributed by atoms with Gasteiger partial charge in [-0.25, -0.2) is 4.98 Å². The summed E-state index contributed by atoms with van der Waals surface area (Å²) in [5, 5.41) is 0. The van der Waals surface area contributed by atoms with E-state index in [9.17, 15) is 9.18 Å². The molecule has 0 unspecified atom stereocenters. The van der Waals surface area contributed by atoms with Crippen molar-refractivity contribution in [2.75, 3.05) is 13.1 Å². The first-order valence-electron chi connectivity index (χ1n) is 4.60. The van der Waals surface area contributed by atoms with Crippen LogP contribution in [0.25, 0.3) is 0 Å². The molecule has 0 radical (unpaired) electrons. The first-order valence-corrected chi connectivity index (χ1v) is 4.60. The zero-order valence-electron chi connectivity index (χ0n) is 8.33. The van der Waals surface area contributed by atoms with E-state index in [2.05, 4.69) is 4.98 Å². The van der Waals surface area contributed by atoms with Crippen LogP contribution in [0, 0.1) is 5.95 Å². The van der Waals surface area contributed by atoms with Crippen LogP contribution < -0.4 is 0 Å². The first-order chi connectivity index (χ1) is 6.70. The van der Waals surface area contributed by atoms with Crippen LogP contribution in [0.1, 0.15) is 24.2 Å². The van der Waals surface area contributed by atoms with Crippen molar-refractivity contribution in [3.05, 3.63) is 29.8 Å². The number of hydrogen-bond donors (Lipinski definition) is 0. The van der Waals surface area contributed by atoms with Crippen molar-refractivity contribution in [1.82, 2.24) is 9.88 Å². The van der Waals surface area contributed by atoms with Gasteiger partial charge in [0, 0.05) is 19.3 Å². The molecule has 0 saturated carbocycles. The van der Waals surface area contributed by atoms with E-state index in [1.807, 2.05) is 13.8 Å². The molecule has 0 aliphatic carbocycles. The fraction of sp³-hybridized carbons (Fsp3) is 0.400. The third-order valence-electron chi connectivity index (χ3n) is 2.04. The molecule has 0 atom stereocenters. The number of rotatable bonds is 3. The molecule has 0 aliphatic heterocycles. The zero-order chi connectivity index (χ0) is 10.6. The van der Waals surface area contributed by atoms with Crippen LogP contribution in [0.4, 0.5) is 4.39 Å². The van der Waals surface area contributed by atoms with Crippen molar-refractivity contribution in [3.8, 4) is 0 Å². The van der Waals surface area contributed by atoms with Gasteiger partial charge in [0.2, 0.25) is 5.95 Å². The molecule has 1 aromatic heterocycles. The quantitative estimate of drug-likeness (QED) is 0.689. The highest BCUT2D eigenvalue weighted by atomic mass is 19.1. The Kier molecular flexibility index (Phi) is 3.56. The van der Waals surface area contributed by atoms with Crippen molar-refractivity contribution in [2.45, 2.75) is 13.8 Å². The van der Waals surface area contributed by atoms with Gasteiger partial charge in [0.25, 0.3) is 5.91 Å². The Morgan fingerprint density at radius 2 is 2.14 bits per heavy atom. The Morgan fingerprint density at radius 1 is 1.50 bits per heavy atom. The summed E-state index contributed by atoms with van der Waals surface area (Å²) in [5.41, 5.74) is 0.0381. The molecule has 3 nitrogen and oxygen atoms in total. The maximum atomic E-state index is 13.1. The number of carbonyl (C=O) groups excluding carboxylic acids is 1. The zero-order valence-corrected chi connectivity index (χ0v) is 8.33. The van der Waals surface area contributed by atoms with E-state index in [4.69, 9.17) is 0 Å². The third kappa shape index (κ3) is 2.07. The highest BCUT2D eigenvalue weighted by Gasteiger charge is 2.16. The van der Waals surface area contributed by atoms with Gasteiger partial charge in [-0.3, -0.25) is 4.79 Å². The van der Waals surface area contributed by atoms with Gasteiger partial charge >= 0.3 is 0 Å². The molecule has 14 heavy (non-hydrogen) atoms. The Morgan fingerprint density at radius 3 is 2.64 bits per heavy atom. The minimum absolute atomic E-state index is 0.0381. The molecule has 76 valence electrons. The van der Waals surface area contributed by atoms with E-state index in [0.29, 0.717) is 13.1 Å². The molecule has 0 bridgehead atoms. The van der Waals surface area contributed by atoms with E-state index < -0.39 is 5.95 Å². The smallest absolute Gasteiger partial charge is 0.258 e. The largest absolute Gasteiger partial charge is 0.339 e. The molecule has 1 aromatic rings. The van der Waals surface area contributed by atoms with Crippen molar-refractivity contribution < 1.29 is 9.18 Å². The minimum Gasteiger partial charge on any atom is -0.339 e. The molecule has 1 amide bonds. The van der Waals surface area contributed by atoms with Gasteiger partial charge in [-0.15, -0.1) is 0 Å². The SMILES string of the molecule is CCN(CC)C(=O)c1cccnc1F. The predicted molar refractivity (Wildman–Crippen MR) is 51.4 cm³/mol. The van der Waals surface area contributed by atoms with Crippen LogP contribution in [-0.2, 0) is 0 Å². The third-order valence-corrected chi connectivity index (χ3v) is 2.04. The van der Waals surface area contributed by atoms with Crippen LogP contribution in [0.3, 0.4) is 0 Å². The maximum Gasteiger partial charge on any atom is 0.258 e. The monoisotopic (exact) mass is 196 g/mol. The molecule has 0 N–H and O–H groups in total. The van der Waals surface area contributed by atoms with Gasteiger partial charge in [-0.2, -0.15) is 4.39 Å². The topological polar surface area (TPSA) is 33.2 Å². The number of hydrogen-bond acceptors (Lipinski definition) is 2. The second-order valence-electron chi connectivity index (χ2n) is 2.82. The normalized spacial score (nSPS) is 9.93. The van der Waals surface area contributed by atoms with Crippen LogP contribution in [0.5, 0.6) is 0 Å². The number of aromatic nitrogens is 1. The van der Waals surface area contributed by atoms with Gasteiger partial charge in [0.15, 0.2) is 0 Å². The summed E-state index contributed by atoms with van der Waals surface area (Å²) >= 11 is 0. The summed E-state index contributed by atoms with van der Waals surface area (Å²) in [7, 11) is 0. The predicted octanol–water partition coefficient (Wildman–Crippen LogP) is 1.70. The standard InChI is InChI=1S/C10H13FN2O/c1-3-13(4-2)10(14)8-6-5-7-12-9(8)11/h5-7H,3-4H2,1-2H3. The van der Waals surface area contributed by atoms with Crippen molar-refractivity contribution in [2.24, 2.45) is 0 Å². The van der Waals surface area contributed by atoms with Gasteiger partial charge in [-0.1, -0.05) is 0 Å². The number of nitrogens with zero attached hydrogens (tertiary/aromatic N) is 2. The number of carbonyl (C=O) groups is 1. The van der Waals surface area contributed by atoms with Crippen LogP contribution >= 0.6 is 0 Å². The average Bonchev–Trinajstić information content (AvgIpc) is 2.20. The van der Waals surface area contributed by atoms with E-state index in [0.717, 1.165) is 0 Å². The van der Waals surface area contributed by atoms with Gasteiger partial charge in [-0.05, 0) is 26.0 Å². The minimum atomic E-state index is -0.704. The summed E-state index contributed by atoms with van der Waals surface area (Å²) in [5.74, 6) is -1.01. The highest BCUT2D eigenvalue weighted by Crippen LogP contribution is 2.07. The first kappa shape index (κ1) is 10.6. The van der Waals surface area contributed by atoms with Gasteiger partial charge in [0.1, 0.15) is 0 Å². The summed E-state index contributed by atoms with van der Waals surface area (Å²) in [6, 6.07) is 3.00. The Bertz CT molecular complexity index is 324. The van der Waals surface area contributed by atoms with Gasteiger partial charge in [0.05, 0.1) is 5.56 Å². The summed E-state index contributed by atoms with van der Waals surface area (Å²) in [6.45, 7) is 4.86. The number of pyridine rings is 1. The number of halogens is 1. The molecule has 0 spiro atoms. The van der Waals surface area contributed by atoms with E-state index in [1.54, 1.807) is 11.0 Å². The maximum absolute atomic E-state index is 13.1. The Balaban J connectivity index is 2.94. The lowest BCUT2D eigenvalue weighted by atomic mass is 10.2. The fourth-order valence-corrected chi connectivity index (χ4v) is 1.23. The summed E-state index contributed by atoms with van der Waals surface area (Å²) < 4.78 is 13.1. The summed E-state index contributed by atoms with van der Waals surface area (Å²) in [4.78, 5) is 16.7.